The number of nitrogen functional groups attached to an aromatic ring is 1. The van der Waals surface area contributed by atoms with Gasteiger partial charge in [-0.1, -0.05) is 48.9 Å². The Hall–Kier alpha value is -2.53. The summed E-state index contributed by atoms with van der Waals surface area (Å²) < 4.78 is 11.1. The maximum absolute atomic E-state index is 5.94. The highest BCUT2D eigenvalue weighted by Crippen LogP contribution is 2.30. The number of nitrogens with one attached hydrogen (secondary N) is 1. The molecule has 3 aromatic rings. The molecule has 5 heteroatoms. The van der Waals surface area contributed by atoms with Gasteiger partial charge < -0.3 is 9.47 Å². The van der Waals surface area contributed by atoms with Gasteiger partial charge in [0, 0.05) is 5.38 Å². The molecule has 0 spiro atoms. The molecule has 0 aliphatic carbocycles. The van der Waals surface area contributed by atoms with E-state index in [2.05, 4.69) is 53.7 Å². The van der Waals surface area contributed by atoms with Crippen LogP contribution in [0.5, 0.6) is 11.5 Å². The number of hydrogen-bond acceptors (Lipinski definition) is 4. The highest BCUT2D eigenvalue weighted by molar-refractivity contribution is 7.13. The van der Waals surface area contributed by atoms with E-state index in [1.807, 2.05) is 12.1 Å². The first-order valence-electron chi connectivity index (χ1n) is 9.31. The summed E-state index contributed by atoms with van der Waals surface area (Å²) in [6.07, 6.45) is 3.09. The van der Waals surface area contributed by atoms with Crippen LogP contribution in [0.3, 0.4) is 0 Å². The third kappa shape index (κ3) is 5.23. The monoisotopic (exact) mass is 383 g/mol. The Balaban J connectivity index is 1.81. The molecule has 1 aromatic heterocycles. The number of ether oxygens (including phenoxy) is 2. The molecule has 2 aromatic carbocycles. The number of unbranched alkanes of at least 4 members (excludes halogenated alkanes) is 1. The Morgan fingerprint density at radius 2 is 1.74 bits per heavy atom. The van der Waals surface area contributed by atoms with Crippen molar-refractivity contribution in [1.82, 2.24) is 0 Å². The van der Waals surface area contributed by atoms with Crippen LogP contribution >= 0.6 is 11.3 Å². The topological polar surface area (TPSA) is 58.6 Å². The Morgan fingerprint density at radius 1 is 1.04 bits per heavy atom. The summed E-state index contributed by atoms with van der Waals surface area (Å²) in [6.45, 7) is 2.93. The standard InChI is InChI=1S/C22H26N2O2S/c1-3-4-13-26-19-11-7-17(8-12-19)20(21-15-27-22(23)24-21)14-16-5-9-18(25-2)10-6-16/h5-12,15,20H,3-4,13-14H2,1-2H3,(H2,23,24)/p+1. The molecule has 4 nitrogen and oxygen atoms in total. The highest BCUT2D eigenvalue weighted by Gasteiger charge is 2.20. The maximum atomic E-state index is 5.94. The van der Waals surface area contributed by atoms with E-state index < -0.39 is 0 Å². The van der Waals surface area contributed by atoms with Gasteiger partial charge in [0.05, 0.1) is 19.6 Å². The smallest absolute Gasteiger partial charge is 0.329 e. The molecule has 0 fully saturated rings. The number of rotatable bonds is 9. The SMILES string of the molecule is CCCCOc1ccc(C(Cc2ccc(OC)cc2)c2csc(N)[nH+]2)cc1. The minimum absolute atomic E-state index is 0.205. The lowest BCUT2D eigenvalue weighted by Gasteiger charge is -2.15. The van der Waals surface area contributed by atoms with Crippen molar-refractivity contribution in [2.75, 3.05) is 19.5 Å². The summed E-state index contributed by atoms with van der Waals surface area (Å²) in [7, 11) is 1.69. The lowest BCUT2D eigenvalue weighted by Crippen LogP contribution is -2.17. The van der Waals surface area contributed by atoms with Crippen LogP contribution in [0.15, 0.2) is 53.9 Å². The van der Waals surface area contributed by atoms with E-state index in [0.717, 1.165) is 48.2 Å². The van der Waals surface area contributed by atoms with E-state index in [1.54, 1.807) is 7.11 Å². The zero-order valence-corrected chi connectivity index (χ0v) is 16.7. The molecule has 0 bridgehead atoms. The Labute approximate surface area is 165 Å². The number of hydrogen-bond donors (Lipinski definition) is 1. The fourth-order valence-corrected chi connectivity index (χ4v) is 3.69. The van der Waals surface area contributed by atoms with Crippen LogP contribution < -0.4 is 20.2 Å². The number of nitrogens with two attached hydrogens (primary N) is 1. The van der Waals surface area contributed by atoms with Crippen molar-refractivity contribution in [3.8, 4) is 11.5 Å². The average molecular weight is 384 g/mol. The molecule has 27 heavy (non-hydrogen) atoms. The van der Waals surface area contributed by atoms with Crippen molar-refractivity contribution in [2.24, 2.45) is 0 Å². The van der Waals surface area contributed by atoms with Gasteiger partial charge in [-0.05, 0) is 48.2 Å². The number of benzene rings is 2. The Kier molecular flexibility index (Phi) is 6.71. The molecule has 0 radical (unpaired) electrons. The first kappa shape index (κ1) is 19.2. The minimum Gasteiger partial charge on any atom is -0.497 e. The maximum Gasteiger partial charge on any atom is 0.329 e. The van der Waals surface area contributed by atoms with E-state index in [-0.39, 0.29) is 5.92 Å². The molecule has 0 aliphatic heterocycles. The predicted octanol–water partition coefficient (Wildman–Crippen LogP) is 4.71. The summed E-state index contributed by atoms with van der Waals surface area (Å²) in [6, 6.07) is 16.6. The second-order valence-corrected chi connectivity index (χ2v) is 7.47. The number of anilines is 1. The third-order valence-corrected chi connectivity index (χ3v) is 5.33. The van der Waals surface area contributed by atoms with Crippen molar-refractivity contribution >= 4 is 16.5 Å². The number of H-pyrrole nitrogens is 1. The van der Waals surface area contributed by atoms with Gasteiger partial charge in [-0.15, -0.1) is 0 Å². The second-order valence-electron chi connectivity index (χ2n) is 6.56. The van der Waals surface area contributed by atoms with Crippen molar-refractivity contribution in [1.29, 1.82) is 0 Å². The quantitative estimate of drug-likeness (QED) is 0.545. The van der Waals surface area contributed by atoms with Crippen molar-refractivity contribution in [2.45, 2.75) is 32.1 Å². The second kappa shape index (κ2) is 9.42. The van der Waals surface area contributed by atoms with Crippen LogP contribution in [0.25, 0.3) is 0 Å². The lowest BCUT2D eigenvalue weighted by molar-refractivity contribution is -0.368. The lowest BCUT2D eigenvalue weighted by atomic mass is 9.89. The Morgan fingerprint density at radius 3 is 2.33 bits per heavy atom. The largest absolute Gasteiger partial charge is 0.497 e. The van der Waals surface area contributed by atoms with Gasteiger partial charge in [0.2, 0.25) is 0 Å². The Bertz CT molecular complexity index is 828. The first-order valence-corrected chi connectivity index (χ1v) is 10.2. The molecule has 0 saturated heterocycles. The number of aromatic nitrogens is 1. The van der Waals surface area contributed by atoms with Gasteiger partial charge in [0.25, 0.3) is 0 Å². The van der Waals surface area contributed by atoms with Crippen LogP contribution in [0.4, 0.5) is 5.13 Å². The zero-order chi connectivity index (χ0) is 19.1. The summed E-state index contributed by atoms with van der Waals surface area (Å²) in [5, 5.41) is 2.83. The number of methoxy groups -OCH3 is 1. The highest BCUT2D eigenvalue weighted by atomic mass is 32.1. The van der Waals surface area contributed by atoms with Crippen LogP contribution in [0.2, 0.25) is 0 Å². The van der Waals surface area contributed by atoms with Crippen LogP contribution in [0, 0.1) is 0 Å². The zero-order valence-electron chi connectivity index (χ0n) is 15.9. The van der Waals surface area contributed by atoms with E-state index in [4.69, 9.17) is 15.2 Å². The number of thiazole rings is 1. The van der Waals surface area contributed by atoms with Gasteiger partial charge in [0.15, 0.2) is 0 Å². The van der Waals surface area contributed by atoms with E-state index in [9.17, 15) is 0 Å². The molecule has 142 valence electrons. The van der Waals surface area contributed by atoms with E-state index in [0.29, 0.717) is 0 Å². The molecular formula is C22H27N2O2S+. The molecule has 3 rings (SSSR count). The van der Waals surface area contributed by atoms with Crippen molar-refractivity contribution in [3.05, 3.63) is 70.7 Å². The molecule has 0 amide bonds. The van der Waals surface area contributed by atoms with Gasteiger partial charge in [-0.2, -0.15) is 0 Å². The van der Waals surface area contributed by atoms with Crippen molar-refractivity contribution in [3.63, 3.8) is 0 Å². The van der Waals surface area contributed by atoms with Gasteiger partial charge in [0.1, 0.15) is 17.2 Å². The molecule has 0 aliphatic rings. The fourth-order valence-electron chi connectivity index (χ4n) is 3.03. The van der Waals surface area contributed by atoms with Gasteiger partial charge in [-0.25, -0.2) is 4.98 Å². The van der Waals surface area contributed by atoms with E-state index >= 15 is 0 Å². The van der Waals surface area contributed by atoms with Gasteiger partial charge >= 0.3 is 5.13 Å². The summed E-state index contributed by atoms with van der Waals surface area (Å²) in [5.74, 6) is 2.00. The normalized spacial score (nSPS) is 11.9. The van der Waals surface area contributed by atoms with Crippen molar-refractivity contribution < 1.29 is 14.5 Å². The van der Waals surface area contributed by atoms with Crippen LogP contribution in [-0.2, 0) is 6.42 Å². The summed E-state index contributed by atoms with van der Waals surface area (Å²) >= 11 is 1.54. The molecule has 1 atom stereocenters. The number of aromatic amines is 1. The minimum atomic E-state index is 0.205. The summed E-state index contributed by atoms with van der Waals surface area (Å²) in [4.78, 5) is 3.31. The molecule has 3 N–H and O–H groups in total. The fraction of sp³-hybridized carbons (Fsp3) is 0.318. The van der Waals surface area contributed by atoms with Crippen LogP contribution in [-0.4, -0.2) is 13.7 Å². The molecule has 0 saturated carbocycles. The van der Waals surface area contributed by atoms with Crippen LogP contribution in [0.1, 0.15) is 42.5 Å². The predicted molar refractivity (Wildman–Crippen MR) is 111 cm³/mol. The van der Waals surface area contributed by atoms with E-state index in [1.165, 1.54) is 22.5 Å². The third-order valence-electron chi connectivity index (χ3n) is 4.60. The van der Waals surface area contributed by atoms with Gasteiger partial charge in [-0.3, -0.25) is 5.73 Å². The molecule has 1 unspecified atom stereocenters. The first-order chi connectivity index (χ1) is 13.2. The summed E-state index contributed by atoms with van der Waals surface area (Å²) in [5.41, 5.74) is 9.57. The molecule has 1 heterocycles. The molecular weight excluding hydrogens is 356 g/mol. The average Bonchev–Trinajstić information content (AvgIpc) is 3.13.